The Bertz CT molecular complexity index is 1110. The minimum atomic E-state index is -0.688. The summed E-state index contributed by atoms with van der Waals surface area (Å²) in [6, 6.07) is 11.8. The van der Waals surface area contributed by atoms with Crippen LogP contribution in [0, 0.1) is 0 Å². The van der Waals surface area contributed by atoms with Crippen LogP contribution >= 0.6 is 11.6 Å². The van der Waals surface area contributed by atoms with Crippen LogP contribution in [0.25, 0.3) is 5.69 Å². The molecule has 0 amide bonds. The second kappa shape index (κ2) is 8.14. The number of hydrogen-bond acceptors (Lipinski definition) is 6. The van der Waals surface area contributed by atoms with Gasteiger partial charge >= 0.3 is 0 Å². The molecule has 0 bridgehead atoms. The van der Waals surface area contributed by atoms with Gasteiger partial charge in [0, 0.05) is 29.6 Å². The molecule has 32 heavy (non-hydrogen) atoms. The van der Waals surface area contributed by atoms with Gasteiger partial charge in [0.1, 0.15) is 17.8 Å². The molecule has 2 aromatic heterocycles. The molecule has 7 nitrogen and oxygen atoms in total. The van der Waals surface area contributed by atoms with Gasteiger partial charge in [0.25, 0.3) is 0 Å². The van der Waals surface area contributed by atoms with Crippen molar-refractivity contribution in [2.24, 2.45) is 0 Å². The molecule has 0 unspecified atom stereocenters. The van der Waals surface area contributed by atoms with E-state index in [4.69, 9.17) is 25.8 Å². The van der Waals surface area contributed by atoms with E-state index >= 15 is 0 Å². The highest BCUT2D eigenvalue weighted by atomic mass is 35.5. The van der Waals surface area contributed by atoms with Crippen molar-refractivity contribution >= 4 is 11.6 Å². The maximum Gasteiger partial charge on any atom is 0.213 e. The van der Waals surface area contributed by atoms with Gasteiger partial charge in [0.2, 0.25) is 5.88 Å². The van der Waals surface area contributed by atoms with Crippen molar-refractivity contribution in [1.29, 1.82) is 0 Å². The first kappa shape index (κ1) is 20.1. The first-order valence-corrected chi connectivity index (χ1v) is 11.7. The fourth-order valence-corrected chi connectivity index (χ4v) is 5.40. The van der Waals surface area contributed by atoms with Gasteiger partial charge in [0.15, 0.2) is 5.79 Å². The number of rotatable bonds is 3. The van der Waals surface area contributed by atoms with Crippen LogP contribution < -0.4 is 4.74 Å². The zero-order valence-corrected chi connectivity index (χ0v) is 18.5. The van der Waals surface area contributed by atoms with Crippen molar-refractivity contribution in [3.63, 3.8) is 0 Å². The zero-order valence-electron chi connectivity index (χ0n) is 17.7. The third-order valence-electron chi connectivity index (χ3n) is 6.70. The summed E-state index contributed by atoms with van der Waals surface area (Å²) in [5.41, 5.74) is 2.18. The van der Waals surface area contributed by atoms with E-state index < -0.39 is 5.79 Å². The number of nitrogens with zero attached hydrogens (tertiary/aromatic N) is 4. The normalized spacial score (nSPS) is 24.0. The predicted octanol–water partition coefficient (Wildman–Crippen LogP) is 4.26. The van der Waals surface area contributed by atoms with Crippen LogP contribution in [-0.2, 0) is 22.3 Å². The highest BCUT2D eigenvalue weighted by molar-refractivity contribution is 6.30. The number of pyridine rings is 1. The smallest absolute Gasteiger partial charge is 0.213 e. The monoisotopic (exact) mass is 452 g/mol. The Morgan fingerprint density at radius 1 is 1.00 bits per heavy atom. The molecule has 0 atom stereocenters. The quantitative estimate of drug-likeness (QED) is 0.591. The van der Waals surface area contributed by atoms with Gasteiger partial charge in [-0.3, -0.25) is 4.57 Å². The maximum absolute atomic E-state index is 6.36. The number of aromatic nitrogens is 4. The van der Waals surface area contributed by atoms with Crippen molar-refractivity contribution in [2.45, 2.75) is 56.3 Å². The van der Waals surface area contributed by atoms with Gasteiger partial charge in [-0.25, -0.2) is 4.98 Å². The Labute approximate surface area is 191 Å². The Morgan fingerprint density at radius 2 is 1.84 bits per heavy atom. The van der Waals surface area contributed by atoms with Crippen molar-refractivity contribution in [3.8, 4) is 11.6 Å². The van der Waals surface area contributed by atoms with Crippen LogP contribution in [0.2, 0.25) is 5.02 Å². The zero-order chi connectivity index (χ0) is 21.5. The molecule has 2 fully saturated rings. The van der Waals surface area contributed by atoms with E-state index in [1.807, 2.05) is 30.3 Å². The topological polar surface area (TPSA) is 71.3 Å². The molecule has 1 aromatic carbocycles. The lowest BCUT2D eigenvalue weighted by molar-refractivity contribution is -0.155. The minimum Gasteiger partial charge on any atom is -0.474 e. The molecule has 166 valence electrons. The van der Waals surface area contributed by atoms with Gasteiger partial charge in [-0.05, 0) is 55.5 Å². The molecular formula is C24H25ClN4O3. The molecule has 4 heterocycles. The lowest BCUT2D eigenvalue weighted by Gasteiger charge is -2.28. The summed E-state index contributed by atoms with van der Waals surface area (Å²) in [6.45, 7) is 1.19. The third kappa shape index (κ3) is 3.68. The molecule has 1 spiro atoms. The Hall–Kier alpha value is -2.48. The van der Waals surface area contributed by atoms with E-state index in [-0.39, 0.29) is 6.10 Å². The molecule has 6 rings (SSSR count). The van der Waals surface area contributed by atoms with Gasteiger partial charge in [0.05, 0.1) is 25.3 Å². The van der Waals surface area contributed by atoms with Gasteiger partial charge in [-0.1, -0.05) is 17.7 Å². The summed E-state index contributed by atoms with van der Waals surface area (Å²) in [5, 5.41) is 9.97. The maximum atomic E-state index is 6.36. The molecule has 1 saturated carbocycles. The average molecular weight is 453 g/mol. The predicted molar refractivity (Wildman–Crippen MR) is 118 cm³/mol. The SMILES string of the molecule is Clc1ccc2c(c1)CC1(Cc3nnc([C@H]4CC[C@H](Oc5ccccn5)CC4)n3-2)OCCO1. The minimum absolute atomic E-state index is 0.183. The van der Waals surface area contributed by atoms with E-state index in [1.165, 1.54) is 0 Å². The highest BCUT2D eigenvalue weighted by Crippen LogP contribution is 2.40. The Kier molecular flexibility index (Phi) is 5.12. The third-order valence-corrected chi connectivity index (χ3v) is 6.94. The van der Waals surface area contributed by atoms with Crippen LogP contribution in [0.15, 0.2) is 42.6 Å². The summed E-state index contributed by atoms with van der Waals surface area (Å²) >= 11 is 6.36. The number of benzene rings is 1. The first-order chi connectivity index (χ1) is 15.7. The van der Waals surface area contributed by atoms with Crippen LogP contribution in [0.4, 0.5) is 0 Å². The molecule has 1 aliphatic carbocycles. The summed E-state index contributed by atoms with van der Waals surface area (Å²) in [7, 11) is 0. The molecule has 8 heteroatoms. The number of halogens is 1. The summed E-state index contributed by atoms with van der Waals surface area (Å²) < 4.78 is 20.4. The van der Waals surface area contributed by atoms with Gasteiger partial charge in [-0.2, -0.15) is 0 Å². The molecule has 1 saturated heterocycles. The fourth-order valence-electron chi connectivity index (χ4n) is 5.21. The van der Waals surface area contributed by atoms with Crippen molar-refractivity contribution in [1.82, 2.24) is 19.7 Å². The van der Waals surface area contributed by atoms with Crippen molar-refractivity contribution in [2.75, 3.05) is 13.2 Å². The van der Waals surface area contributed by atoms with E-state index in [0.29, 0.717) is 42.9 Å². The average Bonchev–Trinajstić information content (AvgIpc) is 3.40. The first-order valence-electron chi connectivity index (χ1n) is 11.3. The largest absolute Gasteiger partial charge is 0.474 e. The lowest BCUT2D eigenvalue weighted by Crippen LogP contribution is -2.35. The van der Waals surface area contributed by atoms with Crippen molar-refractivity contribution < 1.29 is 14.2 Å². The molecular weight excluding hydrogens is 428 g/mol. The second-order valence-corrected chi connectivity index (χ2v) is 9.24. The van der Waals surface area contributed by atoms with Crippen LogP contribution in [-0.4, -0.2) is 44.9 Å². The summed E-state index contributed by atoms with van der Waals surface area (Å²) in [5.74, 6) is 2.22. The number of ether oxygens (including phenoxy) is 3. The lowest BCUT2D eigenvalue weighted by atomic mass is 9.86. The van der Waals surface area contributed by atoms with E-state index in [2.05, 4.69) is 25.8 Å². The Morgan fingerprint density at radius 3 is 2.62 bits per heavy atom. The van der Waals surface area contributed by atoms with E-state index in [1.54, 1.807) is 6.20 Å². The standard InChI is InChI=1S/C24H25ClN4O3/c25-18-6-9-20-17(13-18)14-24(30-11-12-31-24)15-21-27-28-23(29(20)21)16-4-7-19(8-5-16)32-22-3-1-2-10-26-22/h1-3,6,9-10,13,16,19H,4-5,7-8,11-12,14-15H2/t16-,19-. The molecule has 0 N–H and O–H groups in total. The highest BCUT2D eigenvalue weighted by Gasteiger charge is 2.42. The fraction of sp³-hybridized carbons (Fsp3) is 0.458. The molecule has 0 radical (unpaired) electrons. The molecule has 3 aromatic rings. The number of fused-ring (bicyclic) bond motifs is 3. The van der Waals surface area contributed by atoms with Crippen LogP contribution in [0.3, 0.4) is 0 Å². The van der Waals surface area contributed by atoms with E-state index in [9.17, 15) is 0 Å². The van der Waals surface area contributed by atoms with Gasteiger partial charge in [-0.15, -0.1) is 10.2 Å². The molecule has 3 aliphatic rings. The van der Waals surface area contributed by atoms with Crippen LogP contribution in [0.5, 0.6) is 5.88 Å². The molecule has 2 aliphatic heterocycles. The number of hydrogen-bond donors (Lipinski definition) is 0. The summed E-state index contributed by atoms with van der Waals surface area (Å²) in [6.07, 6.45) is 7.09. The van der Waals surface area contributed by atoms with Crippen LogP contribution in [0.1, 0.15) is 48.8 Å². The Balaban J connectivity index is 1.28. The van der Waals surface area contributed by atoms with Gasteiger partial charge < -0.3 is 14.2 Å². The van der Waals surface area contributed by atoms with Crippen molar-refractivity contribution in [3.05, 3.63) is 64.8 Å². The van der Waals surface area contributed by atoms with E-state index in [0.717, 1.165) is 48.6 Å². The summed E-state index contributed by atoms with van der Waals surface area (Å²) in [4.78, 5) is 4.29. The second-order valence-electron chi connectivity index (χ2n) is 8.80.